The third-order valence-corrected chi connectivity index (χ3v) is 5.34. The summed E-state index contributed by atoms with van der Waals surface area (Å²) in [5.41, 5.74) is 0. The summed E-state index contributed by atoms with van der Waals surface area (Å²) in [5.74, 6) is 0. The zero-order valence-corrected chi connectivity index (χ0v) is 12.3. The molecule has 20 heavy (non-hydrogen) atoms. The van der Waals surface area contributed by atoms with E-state index in [1.807, 2.05) is 0 Å². The fourth-order valence-corrected chi connectivity index (χ4v) is 3.74. The molecular weight excluding hydrogens is 254 g/mol. The zero-order valence-electron chi connectivity index (χ0n) is 12.3. The van der Waals surface area contributed by atoms with Crippen LogP contribution < -0.4 is 5.32 Å². The second kappa shape index (κ2) is 5.87. The molecule has 0 aromatic carbocycles. The van der Waals surface area contributed by atoms with Gasteiger partial charge < -0.3 is 10.1 Å². The van der Waals surface area contributed by atoms with Crippen LogP contribution in [0.1, 0.15) is 0 Å². The third kappa shape index (κ3) is 2.61. The van der Waals surface area contributed by atoms with E-state index in [2.05, 4.69) is 25.1 Å². The van der Waals surface area contributed by atoms with Gasteiger partial charge in [-0.2, -0.15) is 0 Å². The molecule has 0 atom stereocenters. The van der Waals surface area contributed by atoms with Gasteiger partial charge in [-0.05, 0) is 0 Å². The lowest BCUT2D eigenvalue weighted by molar-refractivity contribution is -0.151. The number of hydrogen-bond donors (Lipinski definition) is 1. The van der Waals surface area contributed by atoms with E-state index in [1.54, 1.807) is 0 Å². The van der Waals surface area contributed by atoms with Crippen LogP contribution in [0, 0.1) is 0 Å². The Kier molecular flexibility index (Phi) is 3.94. The minimum absolute atomic E-state index is 0.710. The summed E-state index contributed by atoms with van der Waals surface area (Å²) in [5, 5.41) is 8.59. The molecule has 0 bridgehead atoms. The topological polar surface area (TPSA) is 34.2 Å². The van der Waals surface area contributed by atoms with Crippen molar-refractivity contribution in [2.75, 3.05) is 78.7 Å². The Hall–Kier alpha value is -0.240. The fraction of sp³-hybridized carbons (Fsp3) is 1.00. The molecular formula is C14H27N5O. The van der Waals surface area contributed by atoms with Crippen molar-refractivity contribution < 1.29 is 4.74 Å². The van der Waals surface area contributed by atoms with Crippen LogP contribution >= 0.6 is 0 Å². The predicted octanol–water partition coefficient (Wildman–Crippen LogP) is -1.49. The molecule has 0 aromatic heterocycles. The SMILES string of the molecule is C1CN(C2CN(N3CCN(C4COC4)CC3)C2)CCN1. The lowest BCUT2D eigenvalue weighted by atomic mass is 10.1. The van der Waals surface area contributed by atoms with Gasteiger partial charge in [-0.3, -0.25) is 9.80 Å². The fourth-order valence-electron chi connectivity index (χ4n) is 3.74. The van der Waals surface area contributed by atoms with Crippen molar-refractivity contribution in [3.8, 4) is 0 Å². The van der Waals surface area contributed by atoms with Crippen LogP contribution in [0.15, 0.2) is 0 Å². The van der Waals surface area contributed by atoms with Crippen LogP contribution in [0.25, 0.3) is 0 Å². The van der Waals surface area contributed by atoms with Crippen molar-refractivity contribution in [3.63, 3.8) is 0 Å². The van der Waals surface area contributed by atoms with E-state index in [1.165, 1.54) is 65.4 Å². The number of hydrazine groups is 1. The summed E-state index contributed by atoms with van der Waals surface area (Å²) in [7, 11) is 0. The lowest BCUT2D eigenvalue weighted by Crippen LogP contribution is -2.69. The van der Waals surface area contributed by atoms with Crippen molar-refractivity contribution in [3.05, 3.63) is 0 Å². The Morgan fingerprint density at radius 3 is 1.95 bits per heavy atom. The minimum atomic E-state index is 0.710. The third-order valence-electron chi connectivity index (χ3n) is 5.34. The molecule has 0 radical (unpaired) electrons. The highest BCUT2D eigenvalue weighted by molar-refractivity contribution is 4.90. The van der Waals surface area contributed by atoms with Gasteiger partial charge in [-0.1, -0.05) is 0 Å². The maximum Gasteiger partial charge on any atom is 0.0645 e. The summed E-state index contributed by atoms with van der Waals surface area (Å²) < 4.78 is 5.30. The van der Waals surface area contributed by atoms with Crippen molar-refractivity contribution in [2.45, 2.75) is 12.1 Å². The highest BCUT2D eigenvalue weighted by atomic mass is 16.5. The molecule has 6 nitrogen and oxygen atoms in total. The van der Waals surface area contributed by atoms with E-state index in [9.17, 15) is 0 Å². The highest BCUT2D eigenvalue weighted by Crippen LogP contribution is 2.20. The Balaban J connectivity index is 1.19. The normalized spacial score (nSPS) is 33.0. The molecule has 4 rings (SSSR count). The molecule has 0 amide bonds. The molecule has 4 saturated heterocycles. The smallest absolute Gasteiger partial charge is 0.0645 e. The van der Waals surface area contributed by atoms with Crippen LogP contribution in [-0.4, -0.2) is 111 Å². The van der Waals surface area contributed by atoms with Crippen LogP contribution in [0.5, 0.6) is 0 Å². The first-order chi connectivity index (χ1) is 9.90. The molecule has 4 fully saturated rings. The molecule has 0 aliphatic carbocycles. The number of hydrogen-bond acceptors (Lipinski definition) is 6. The summed E-state index contributed by atoms with van der Waals surface area (Å²) in [4.78, 5) is 5.27. The molecule has 114 valence electrons. The second-order valence-corrected chi connectivity index (χ2v) is 6.49. The van der Waals surface area contributed by atoms with Crippen LogP contribution in [0.2, 0.25) is 0 Å². The van der Waals surface area contributed by atoms with Gasteiger partial charge in [0, 0.05) is 71.5 Å². The van der Waals surface area contributed by atoms with Crippen molar-refractivity contribution in [1.29, 1.82) is 0 Å². The summed E-state index contributed by atoms with van der Waals surface area (Å²) in [6.45, 7) is 14.0. The zero-order chi connectivity index (χ0) is 13.4. The average Bonchev–Trinajstić information content (AvgIpc) is 2.38. The van der Waals surface area contributed by atoms with Gasteiger partial charge in [0.2, 0.25) is 0 Å². The first-order valence-corrected chi connectivity index (χ1v) is 8.16. The average molecular weight is 281 g/mol. The van der Waals surface area contributed by atoms with Gasteiger partial charge >= 0.3 is 0 Å². The second-order valence-electron chi connectivity index (χ2n) is 6.49. The maximum absolute atomic E-state index is 5.30. The molecule has 0 spiro atoms. The van der Waals surface area contributed by atoms with Crippen LogP contribution in [0.4, 0.5) is 0 Å². The largest absolute Gasteiger partial charge is 0.378 e. The monoisotopic (exact) mass is 281 g/mol. The highest BCUT2D eigenvalue weighted by Gasteiger charge is 2.37. The number of rotatable bonds is 3. The number of nitrogens with zero attached hydrogens (tertiary/aromatic N) is 4. The Morgan fingerprint density at radius 2 is 1.35 bits per heavy atom. The van der Waals surface area contributed by atoms with Crippen LogP contribution in [-0.2, 0) is 4.74 Å². The first kappa shape index (κ1) is 13.4. The van der Waals surface area contributed by atoms with Gasteiger partial charge in [-0.15, -0.1) is 0 Å². The molecule has 0 unspecified atom stereocenters. The molecule has 1 N–H and O–H groups in total. The van der Waals surface area contributed by atoms with E-state index >= 15 is 0 Å². The van der Waals surface area contributed by atoms with Crippen molar-refractivity contribution in [2.24, 2.45) is 0 Å². The summed E-state index contributed by atoms with van der Waals surface area (Å²) >= 11 is 0. The van der Waals surface area contributed by atoms with E-state index in [-0.39, 0.29) is 0 Å². The molecule has 6 heteroatoms. The van der Waals surface area contributed by atoms with Gasteiger partial charge in [-0.25, -0.2) is 10.0 Å². The molecule has 4 aliphatic heterocycles. The van der Waals surface area contributed by atoms with Gasteiger partial charge in [0.25, 0.3) is 0 Å². The maximum atomic E-state index is 5.30. The van der Waals surface area contributed by atoms with Gasteiger partial charge in [0.15, 0.2) is 0 Å². The van der Waals surface area contributed by atoms with Crippen molar-refractivity contribution >= 4 is 0 Å². The predicted molar refractivity (Wildman–Crippen MR) is 77.6 cm³/mol. The quantitative estimate of drug-likeness (QED) is 0.679. The summed E-state index contributed by atoms with van der Waals surface area (Å²) in [6, 6.07) is 1.51. The standard InChI is InChI=1S/C14H27N5O/c1-3-16(4-2-15-1)13-9-19(10-13)18-7-5-17(6-8-18)14-11-20-12-14/h13-15H,1-12H2. The van der Waals surface area contributed by atoms with E-state index in [0.717, 1.165) is 19.3 Å². The van der Waals surface area contributed by atoms with Crippen molar-refractivity contribution in [1.82, 2.24) is 25.1 Å². The van der Waals surface area contributed by atoms with Gasteiger partial charge in [0.1, 0.15) is 0 Å². The summed E-state index contributed by atoms with van der Waals surface area (Å²) in [6.07, 6.45) is 0. The Morgan fingerprint density at radius 1 is 0.700 bits per heavy atom. The Bertz CT molecular complexity index is 318. The number of ether oxygens (including phenoxy) is 1. The van der Waals surface area contributed by atoms with E-state index in [4.69, 9.17) is 4.74 Å². The Labute approximate surface area is 121 Å². The minimum Gasteiger partial charge on any atom is -0.378 e. The molecule has 0 aromatic rings. The molecule has 4 aliphatic rings. The number of piperazine rings is 2. The first-order valence-electron chi connectivity index (χ1n) is 8.16. The lowest BCUT2D eigenvalue weighted by Gasteiger charge is -2.53. The van der Waals surface area contributed by atoms with E-state index in [0.29, 0.717) is 6.04 Å². The van der Waals surface area contributed by atoms with Crippen LogP contribution in [0.3, 0.4) is 0 Å². The molecule has 4 heterocycles. The number of nitrogens with one attached hydrogen (secondary N) is 1. The van der Waals surface area contributed by atoms with E-state index < -0.39 is 0 Å². The molecule has 0 saturated carbocycles. The van der Waals surface area contributed by atoms with Gasteiger partial charge in [0.05, 0.1) is 19.3 Å².